The summed E-state index contributed by atoms with van der Waals surface area (Å²) >= 11 is 0. The number of rotatable bonds is 12. The highest BCUT2D eigenvalue weighted by molar-refractivity contribution is 6.06. The molecule has 1 spiro atoms. The molecule has 0 bridgehead atoms. The van der Waals surface area contributed by atoms with Gasteiger partial charge in [0.2, 0.25) is 11.8 Å². The number of hydrogen-bond donors (Lipinski definition) is 3. The molecule has 5 aromatic rings. The van der Waals surface area contributed by atoms with Gasteiger partial charge in [0.15, 0.2) is 5.82 Å². The summed E-state index contributed by atoms with van der Waals surface area (Å²) in [5, 5.41) is 15.2. The number of halogens is 2. The number of ether oxygens (including phenoxy) is 1. The van der Waals surface area contributed by atoms with Gasteiger partial charge in [0.05, 0.1) is 17.6 Å². The average molecular weight is 997 g/mol. The highest BCUT2D eigenvalue weighted by Crippen LogP contribution is 2.54. The number of imide groups is 1. The minimum atomic E-state index is -0.948. The lowest BCUT2D eigenvalue weighted by Gasteiger charge is -2.54. The van der Waals surface area contributed by atoms with Crippen molar-refractivity contribution in [3.05, 3.63) is 77.0 Å². The van der Waals surface area contributed by atoms with E-state index in [-0.39, 0.29) is 52.6 Å². The first-order valence-electron chi connectivity index (χ1n) is 26.6. The van der Waals surface area contributed by atoms with Crippen LogP contribution in [0.4, 0.5) is 26.0 Å². The number of nitrogen functional groups attached to an aromatic ring is 1. The van der Waals surface area contributed by atoms with Crippen molar-refractivity contribution in [2.75, 3.05) is 87.6 Å². The van der Waals surface area contributed by atoms with Crippen LogP contribution in [-0.2, 0) is 22.6 Å². The molecule has 4 saturated heterocycles. The van der Waals surface area contributed by atoms with Gasteiger partial charge in [0.1, 0.15) is 28.9 Å². The summed E-state index contributed by atoms with van der Waals surface area (Å²) in [5.74, 6) is -0.645. The van der Waals surface area contributed by atoms with E-state index in [9.17, 15) is 19.5 Å². The normalized spacial score (nSPS) is 24.4. The Labute approximate surface area is 424 Å². The number of likely N-dealkylation sites (tertiary alicyclic amines) is 1. The number of aryl methyl sites for hydroxylation is 1. The molecule has 7 heterocycles. The summed E-state index contributed by atoms with van der Waals surface area (Å²) in [7, 11) is 0. The number of nitrogens with two attached hydrogens (primary N) is 1. The average Bonchev–Trinajstić information content (AvgIpc) is 4.06. The number of nitrogens with one attached hydrogen (secondary N) is 1. The molecule has 2 aliphatic carbocycles. The van der Waals surface area contributed by atoms with Gasteiger partial charge in [-0.1, -0.05) is 13.0 Å². The third kappa shape index (κ3) is 9.13. The van der Waals surface area contributed by atoms with Gasteiger partial charge in [-0.2, -0.15) is 9.97 Å². The molecule has 15 nitrogen and oxygen atoms in total. The second-order valence-corrected chi connectivity index (χ2v) is 22.9. The van der Waals surface area contributed by atoms with Crippen LogP contribution in [0.3, 0.4) is 0 Å². The first-order valence-corrected chi connectivity index (χ1v) is 26.6. The number of benzene rings is 3. The Balaban J connectivity index is 0.660. The molecular formula is C56H66F2N10O5. The second-order valence-electron chi connectivity index (χ2n) is 22.9. The van der Waals surface area contributed by atoms with Gasteiger partial charge < -0.3 is 35.2 Å². The fourth-order valence-corrected chi connectivity index (χ4v) is 13.4. The van der Waals surface area contributed by atoms with Crippen molar-refractivity contribution in [3.8, 4) is 17.3 Å². The number of aliphatic hydroxyl groups is 1. The number of piperazine rings is 1. The molecule has 17 heteroatoms. The van der Waals surface area contributed by atoms with Crippen molar-refractivity contribution in [2.45, 2.75) is 103 Å². The van der Waals surface area contributed by atoms with Crippen LogP contribution in [0.5, 0.6) is 6.01 Å². The Morgan fingerprint density at radius 2 is 1.68 bits per heavy atom. The molecule has 5 aliphatic heterocycles. The lowest BCUT2D eigenvalue weighted by Crippen LogP contribution is -2.53. The number of amides is 3. The molecule has 2 aromatic heterocycles. The minimum Gasteiger partial charge on any atom is -0.463 e. The fraction of sp³-hybridized carbons (Fsp3) is 0.536. The molecule has 0 unspecified atom stereocenters. The van der Waals surface area contributed by atoms with E-state index < -0.39 is 17.5 Å². The van der Waals surface area contributed by atoms with Gasteiger partial charge in [-0.3, -0.25) is 29.6 Å². The number of piperidine rings is 3. The molecule has 3 aromatic carbocycles. The largest absolute Gasteiger partial charge is 0.463 e. The van der Waals surface area contributed by atoms with Crippen molar-refractivity contribution in [2.24, 2.45) is 16.7 Å². The van der Waals surface area contributed by atoms with Crippen LogP contribution in [0.25, 0.3) is 32.9 Å². The standard InChI is InChI=1S/C56H66F2N10O5/c1-3-39-43(57)8-5-35-23-37(59)25-41(46(35)39)48-47(58)49-42(28-60-48)50(67-16-4-11-54(2,72)31-67)63-53(62-49)73-33-56(12-13-56)32-65-17-14-55(15-18-65)26-34(27-55)29-64-19-21-66(22-20-64)38-6-7-40-36(24-38)30-68(52(40)71)44-9-10-45(69)61-51(44)70/h5-8,23-25,28,34,44,72H,3-4,9-22,26-27,29-33,59H2,1-2H3,(H,61,69,70)/t44-,54+/m0/s1. The van der Waals surface area contributed by atoms with Crippen molar-refractivity contribution in [1.82, 2.24) is 35.0 Å². The Morgan fingerprint density at radius 3 is 2.42 bits per heavy atom. The SMILES string of the molecule is CCc1c(F)ccc2cc(N)cc(-c3ncc4c(N5CCC[C@@](C)(O)C5)nc(OCC5(CN6CCC7(CC6)CC(CN6CCN(c8ccc9c(c8)CN([C@H]8CCC(=O)NC8=O)C9=O)CC6)C7)CC5)nc4c3F)c12. The highest BCUT2D eigenvalue weighted by atomic mass is 19.1. The van der Waals surface area contributed by atoms with Crippen LogP contribution in [0.15, 0.2) is 48.7 Å². The van der Waals surface area contributed by atoms with Crippen molar-refractivity contribution in [3.63, 3.8) is 0 Å². The molecule has 2 atom stereocenters. The van der Waals surface area contributed by atoms with Gasteiger partial charge in [-0.25, -0.2) is 8.78 Å². The van der Waals surface area contributed by atoms with Crippen LogP contribution in [0.2, 0.25) is 0 Å². The van der Waals surface area contributed by atoms with E-state index in [0.29, 0.717) is 101 Å². The molecule has 0 radical (unpaired) electrons. The summed E-state index contributed by atoms with van der Waals surface area (Å²) in [6.45, 7) is 13.5. The van der Waals surface area contributed by atoms with E-state index in [1.165, 1.54) is 31.7 Å². The van der Waals surface area contributed by atoms with Gasteiger partial charge in [0.25, 0.3) is 5.91 Å². The maximum absolute atomic E-state index is 17.2. The molecule has 73 heavy (non-hydrogen) atoms. The van der Waals surface area contributed by atoms with E-state index in [4.69, 9.17) is 20.4 Å². The topological polar surface area (TPSA) is 174 Å². The van der Waals surface area contributed by atoms with E-state index in [2.05, 4.69) is 31.1 Å². The van der Waals surface area contributed by atoms with Crippen LogP contribution in [0.1, 0.15) is 99.5 Å². The molecule has 6 fully saturated rings. The molecular weight excluding hydrogens is 931 g/mol. The van der Waals surface area contributed by atoms with Crippen molar-refractivity contribution < 1.29 is 33.0 Å². The third-order valence-corrected chi connectivity index (χ3v) is 17.6. The Kier molecular flexibility index (Phi) is 12.1. The smallest absolute Gasteiger partial charge is 0.319 e. The lowest BCUT2D eigenvalue weighted by molar-refractivity contribution is -0.136. The summed E-state index contributed by atoms with van der Waals surface area (Å²) in [4.78, 5) is 63.0. The number of anilines is 3. The fourth-order valence-electron chi connectivity index (χ4n) is 13.4. The van der Waals surface area contributed by atoms with E-state index >= 15 is 8.78 Å². The number of fused-ring (bicyclic) bond motifs is 3. The van der Waals surface area contributed by atoms with Gasteiger partial charge >= 0.3 is 6.01 Å². The number of aromatic nitrogens is 3. The minimum absolute atomic E-state index is 0.0287. The zero-order valence-electron chi connectivity index (χ0n) is 42.0. The molecule has 7 aliphatic rings. The molecule has 3 amide bonds. The summed E-state index contributed by atoms with van der Waals surface area (Å²) in [6, 6.07) is 12.0. The molecule has 4 N–H and O–H groups in total. The summed E-state index contributed by atoms with van der Waals surface area (Å²) < 4.78 is 38.9. The first kappa shape index (κ1) is 47.9. The van der Waals surface area contributed by atoms with E-state index in [1.807, 2.05) is 30.9 Å². The van der Waals surface area contributed by atoms with Crippen molar-refractivity contribution >= 4 is 56.6 Å². The zero-order chi connectivity index (χ0) is 50.4. The number of carbonyl (C=O) groups excluding carboxylic acids is 3. The quantitative estimate of drug-likeness (QED) is 0.0876. The summed E-state index contributed by atoms with van der Waals surface area (Å²) in [5.41, 5.74) is 9.87. The monoisotopic (exact) mass is 997 g/mol. The second kappa shape index (κ2) is 18.4. The number of β-amino-alcohol motifs (C(OH)–C–C–N with tert-alkyl or cyclic N) is 1. The van der Waals surface area contributed by atoms with E-state index in [1.54, 1.807) is 29.3 Å². The number of nitrogens with zero attached hydrogens (tertiary/aromatic N) is 8. The zero-order valence-corrected chi connectivity index (χ0v) is 42.0. The maximum Gasteiger partial charge on any atom is 0.319 e. The van der Waals surface area contributed by atoms with Crippen molar-refractivity contribution in [1.29, 1.82) is 0 Å². The molecule has 12 rings (SSSR count). The number of pyridine rings is 1. The Morgan fingerprint density at radius 1 is 0.890 bits per heavy atom. The summed E-state index contributed by atoms with van der Waals surface area (Å²) in [6.07, 6.45) is 11.0. The number of hydrogen-bond acceptors (Lipinski definition) is 13. The van der Waals surface area contributed by atoms with Crippen LogP contribution < -0.4 is 25.6 Å². The van der Waals surface area contributed by atoms with Gasteiger partial charge in [0, 0.05) is 99.4 Å². The third-order valence-electron chi connectivity index (χ3n) is 17.6. The Bertz CT molecular complexity index is 3030. The van der Waals surface area contributed by atoms with Gasteiger partial charge in [-0.05, 0) is 154 Å². The van der Waals surface area contributed by atoms with Crippen LogP contribution in [-0.4, -0.2) is 136 Å². The highest BCUT2D eigenvalue weighted by Gasteiger charge is 2.50. The van der Waals surface area contributed by atoms with Gasteiger partial charge in [-0.15, -0.1) is 0 Å². The predicted molar refractivity (Wildman–Crippen MR) is 275 cm³/mol. The Hall–Kier alpha value is -6.04. The van der Waals surface area contributed by atoms with Crippen LogP contribution in [0, 0.1) is 28.4 Å². The predicted octanol–water partition coefficient (Wildman–Crippen LogP) is 6.85. The van der Waals surface area contributed by atoms with E-state index in [0.717, 1.165) is 82.9 Å². The maximum atomic E-state index is 17.2. The first-order chi connectivity index (χ1) is 35.1. The number of carbonyl (C=O) groups is 3. The molecule has 384 valence electrons. The molecule has 2 saturated carbocycles. The van der Waals surface area contributed by atoms with Crippen LogP contribution >= 0.6 is 0 Å². The lowest BCUT2D eigenvalue weighted by atomic mass is 9.57.